The van der Waals surface area contributed by atoms with Gasteiger partial charge in [0.15, 0.2) is 0 Å². The Morgan fingerprint density at radius 3 is 2.67 bits per heavy atom. The van der Waals surface area contributed by atoms with E-state index in [0.29, 0.717) is 62.0 Å². The number of rotatable bonds is 7. The van der Waals surface area contributed by atoms with Crippen molar-refractivity contribution in [2.24, 2.45) is 5.92 Å². The highest BCUT2D eigenvalue weighted by atomic mass is 32.2. The molecule has 0 spiro atoms. The van der Waals surface area contributed by atoms with Crippen LogP contribution in [0.5, 0.6) is 11.5 Å². The lowest BCUT2D eigenvalue weighted by molar-refractivity contribution is -0.131. The number of anilines is 1. The van der Waals surface area contributed by atoms with Crippen LogP contribution in [0.1, 0.15) is 31.7 Å². The number of urea groups is 1. The second kappa shape index (κ2) is 15.1. The zero-order valence-corrected chi connectivity index (χ0v) is 31.0. The maximum Gasteiger partial charge on any atom is 0.326 e. The van der Waals surface area contributed by atoms with Crippen LogP contribution < -0.4 is 25.6 Å². The summed E-state index contributed by atoms with van der Waals surface area (Å²) in [7, 11) is 0. The second-order valence-electron chi connectivity index (χ2n) is 14.4. The van der Waals surface area contributed by atoms with E-state index in [0.717, 1.165) is 23.4 Å². The van der Waals surface area contributed by atoms with Gasteiger partial charge in [-0.2, -0.15) is 5.26 Å². The first kappa shape index (κ1) is 36.1. The SMILES string of the molecule is CC(=O)N1CC2OCCOC2[C@@H]1/C=C(\C#N)C(=O)N1CCC[C@@H](NC(=O)C2=C3NC(=O)N(c4ccc(Oc5ccccc5)cc4C)C4CCNC(S2)C34)C1. The van der Waals surface area contributed by atoms with E-state index in [-0.39, 0.29) is 59.4 Å². The Morgan fingerprint density at radius 2 is 1.89 bits per heavy atom. The van der Waals surface area contributed by atoms with Crippen molar-refractivity contribution in [1.29, 1.82) is 5.26 Å². The van der Waals surface area contributed by atoms with Crippen LogP contribution in [0.4, 0.5) is 10.5 Å². The zero-order chi connectivity index (χ0) is 37.5. The number of carbonyl (C=O) groups is 4. The van der Waals surface area contributed by atoms with Crippen LogP contribution in [-0.2, 0) is 23.9 Å². The molecule has 6 aliphatic heterocycles. The summed E-state index contributed by atoms with van der Waals surface area (Å²) < 4.78 is 17.7. The summed E-state index contributed by atoms with van der Waals surface area (Å²) in [4.78, 5) is 59.5. The smallest absolute Gasteiger partial charge is 0.326 e. The number of likely N-dealkylation sites (tertiary alicyclic amines) is 2. The Balaban J connectivity index is 0.956. The number of amides is 5. The zero-order valence-electron chi connectivity index (χ0n) is 30.2. The van der Waals surface area contributed by atoms with Gasteiger partial charge in [-0.15, -0.1) is 0 Å². The highest BCUT2D eigenvalue weighted by molar-refractivity contribution is 8.04. The molecule has 2 aromatic rings. The van der Waals surface area contributed by atoms with E-state index >= 15 is 0 Å². The maximum atomic E-state index is 14.0. The maximum absolute atomic E-state index is 14.0. The van der Waals surface area contributed by atoms with Crippen molar-refractivity contribution in [3.8, 4) is 17.6 Å². The quantitative estimate of drug-likeness (QED) is 0.283. The topological polar surface area (TPSA) is 166 Å². The Hall–Kier alpha value is -4.88. The van der Waals surface area contributed by atoms with Gasteiger partial charge in [-0.25, -0.2) is 4.79 Å². The molecular formula is C39H43N7O7S. The number of hydrogen-bond acceptors (Lipinski definition) is 10. The molecule has 5 fully saturated rings. The van der Waals surface area contributed by atoms with E-state index in [1.807, 2.05) is 66.4 Å². The van der Waals surface area contributed by atoms with E-state index in [1.165, 1.54) is 24.8 Å². The van der Waals surface area contributed by atoms with Gasteiger partial charge in [0.2, 0.25) is 5.91 Å². The number of para-hydroxylation sites is 1. The van der Waals surface area contributed by atoms with Gasteiger partial charge in [0.25, 0.3) is 11.8 Å². The molecule has 0 radical (unpaired) electrons. The highest BCUT2D eigenvalue weighted by Gasteiger charge is 2.52. The minimum Gasteiger partial charge on any atom is -0.457 e. The van der Waals surface area contributed by atoms with Crippen molar-refractivity contribution in [2.45, 2.75) is 68.8 Å². The third-order valence-corrected chi connectivity index (χ3v) is 12.4. The number of carbonyl (C=O) groups excluding carboxylic acids is 4. The molecule has 6 aliphatic rings. The van der Waals surface area contributed by atoms with Crippen LogP contribution in [0.2, 0.25) is 0 Å². The van der Waals surface area contributed by atoms with Crippen LogP contribution in [0.15, 0.2) is 70.8 Å². The Bertz CT molecular complexity index is 1950. The standard InChI is InChI=1S/C39H43N7O7S/c1-22-17-27(53-26-8-4-3-5-9-26)10-11-28(22)46-29-12-13-41-37-32(29)33(43-39(46)50)35(54-37)36(48)42-25-7-6-14-44(20-25)38(49)24(19-40)18-30-34-31(51-15-16-52-34)21-45(30)23(2)47/h3-5,8-11,17-18,25,29-32,34,37,41H,6-7,12-16,20-21H2,1-2H3,(H,42,48)(H,43,50)/b24-18+/t25-,29?,30+,31?,32?,34?,37?/m1/s1. The Labute approximate surface area is 317 Å². The van der Waals surface area contributed by atoms with Gasteiger partial charge in [-0.3, -0.25) is 19.3 Å². The fraction of sp³-hybridized carbons (Fsp3) is 0.462. The molecule has 0 aromatic heterocycles. The molecule has 5 unspecified atom stereocenters. The van der Waals surface area contributed by atoms with E-state index in [4.69, 9.17) is 14.2 Å². The number of nitrogens with zero attached hydrogens (tertiary/aromatic N) is 4. The Morgan fingerprint density at radius 1 is 1.07 bits per heavy atom. The van der Waals surface area contributed by atoms with Crippen molar-refractivity contribution in [3.63, 3.8) is 0 Å². The number of nitrogens with one attached hydrogen (secondary N) is 3. The van der Waals surface area contributed by atoms with Gasteiger partial charge >= 0.3 is 6.03 Å². The molecule has 8 rings (SSSR count). The first-order valence-corrected chi connectivity index (χ1v) is 19.4. The number of fused-ring (bicyclic) bond motifs is 1. The van der Waals surface area contributed by atoms with Gasteiger partial charge in [0, 0.05) is 43.4 Å². The fourth-order valence-electron chi connectivity index (χ4n) is 8.59. The van der Waals surface area contributed by atoms with Gasteiger partial charge < -0.3 is 40.0 Å². The van der Waals surface area contributed by atoms with Gasteiger partial charge in [-0.1, -0.05) is 30.0 Å². The monoisotopic (exact) mass is 753 g/mol. The summed E-state index contributed by atoms with van der Waals surface area (Å²) in [5.41, 5.74) is 2.24. The van der Waals surface area contributed by atoms with E-state index < -0.39 is 18.1 Å². The lowest BCUT2D eigenvalue weighted by Gasteiger charge is -2.46. The number of benzene rings is 2. The molecule has 0 aliphatic carbocycles. The average molecular weight is 754 g/mol. The summed E-state index contributed by atoms with van der Waals surface area (Å²) in [6.45, 7) is 5.89. The van der Waals surface area contributed by atoms with Crippen molar-refractivity contribution in [2.75, 3.05) is 44.3 Å². The summed E-state index contributed by atoms with van der Waals surface area (Å²) in [5, 5.41) is 19.7. The molecular weight excluding hydrogens is 711 g/mol. The molecule has 2 aromatic carbocycles. The highest BCUT2D eigenvalue weighted by Crippen LogP contribution is 2.48. The van der Waals surface area contributed by atoms with Crippen LogP contribution in [-0.4, -0.2) is 109 Å². The lowest BCUT2D eigenvalue weighted by atomic mass is 9.86. The molecule has 14 nitrogen and oxygen atoms in total. The van der Waals surface area contributed by atoms with E-state index in [9.17, 15) is 24.4 Å². The average Bonchev–Trinajstić information content (AvgIpc) is 3.74. The third kappa shape index (κ3) is 6.83. The van der Waals surface area contributed by atoms with Gasteiger partial charge in [-0.05, 0) is 74.7 Å². The number of hydrogen-bond donors (Lipinski definition) is 3. The van der Waals surface area contributed by atoms with E-state index in [1.54, 1.807) is 9.80 Å². The molecule has 15 heteroatoms. The normalized spacial score (nSPS) is 29.2. The molecule has 5 saturated heterocycles. The van der Waals surface area contributed by atoms with Crippen molar-refractivity contribution in [1.82, 2.24) is 25.8 Å². The number of ether oxygens (including phenoxy) is 3. The number of thioether (sulfide) groups is 1. The van der Waals surface area contributed by atoms with Crippen molar-refractivity contribution >= 4 is 41.2 Å². The lowest BCUT2D eigenvalue weighted by Crippen LogP contribution is -2.62. The van der Waals surface area contributed by atoms with Crippen LogP contribution in [0.25, 0.3) is 0 Å². The minimum absolute atomic E-state index is 0.0754. The molecule has 0 bridgehead atoms. The first-order chi connectivity index (χ1) is 26.2. The van der Waals surface area contributed by atoms with Gasteiger partial charge in [0.05, 0.1) is 42.1 Å². The number of aryl methyl sites for hydroxylation is 1. The predicted molar refractivity (Wildman–Crippen MR) is 199 cm³/mol. The number of nitriles is 1. The number of piperidine rings is 2. The summed E-state index contributed by atoms with van der Waals surface area (Å²) in [6, 6.07) is 15.9. The molecule has 5 amide bonds. The van der Waals surface area contributed by atoms with Gasteiger partial charge in [0.1, 0.15) is 35.3 Å². The van der Waals surface area contributed by atoms with Crippen molar-refractivity contribution in [3.05, 3.63) is 76.3 Å². The summed E-state index contributed by atoms with van der Waals surface area (Å²) in [5.74, 6) is 0.341. The first-order valence-electron chi connectivity index (χ1n) is 18.5. The van der Waals surface area contributed by atoms with Crippen LogP contribution >= 0.6 is 11.8 Å². The predicted octanol–water partition coefficient (Wildman–Crippen LogP) is 3.15. The van der Waals surface area contributed by atoms with E-state index in [2.05, 4.69) is 16.0 Å². The molecule has 6 heterocycles. The molecule has 282 valence electrons. The van der Waals surface area contributed by atoms with Crippen LogP contribution in [0, 0.1) is 24.2 Å². The van der Waals surface area contributed by atoms with Crippen LogP contribution in [0.3, 0.4) is 0 Å². The molecule has 7 atom stereocenters. The fourth-order valence-corrected chi connectivity index (χ4v) is 9.99. The summed E-state index contributed by atoms with van der Waals surface area (Å²) in [6.07, 6.45) is 2.76. The molecule has 0 saturated carbocycles. The minimum atomic E-state index is -0.598. The molecule has 54 heavy (non-hydrogen) atoms. The largest absolute Gasteiger partial charge is 0.457 e. The third-order valence-electron chi connectivity index (χ3n) is 11.1. The summed E-state index contributed by atoms with van der Waals surface area (Å²) >= 11 is 1.43. The Kier molecular flexibility index (Phi) is 10.1. The molecule has 3 N–H and O–H groups in total. The second-order valence-corrected chi connectivity index (χ2v) is 15.6. The van der Waals surface area contributed by atoms with Crippen molar-refractivity contribution < 1.29 is 33.4 Å².